The van der Waals surface area contributed by atoms with E-state index in [1.807, 2.05) is 12.1 Å². The molecule has 4 nitrogen and oxygen atoms in total. The average molecular weight is 388 g/mol. The van der Waals surface area contributed by atoms with Crippen LogP contribution in [-0.4, -0.2) is 14.4 Å². The lowest BCUT2D eigenvalue weighted by atomic mass is 10.2. The van der Waals surface area contributed by atoms with E-state index in [1.165, 1.54) is 0 Å². The second kappa shape index (κ2) is 7.01. The summed E-state index contributed by atoms with van der Waals surface area (Å²) in [6.45, 7) is 0. The summed E-state index contributed by atoms with van der Waals surface area (Å²) in [5.74, 6) is 0.621. The first-order valence-electron chi connectivity index (χ1n) is 6.45. The average Bonchev–Trinajstić information content (AvgIpc) is 2.98. The minimum atomic E-state index is -1.37. The summed E-state index contributed by atoms with van der Waals surface area (Å²) in [7, 11) is -1.37. The van der Waals surface area contributed by atoms with Crippen molar-refractivity contribution in [2.24, 2.45) is 0 Å². The molecule has 0 amide bonds. The van der Waals surface area contributed by atoms with E-state index in [9.17, 15) is 4.21 Å². The third-order valence-corrected chi connectivity index (χ3v) is 5.34. The Bertz CT molecular complexity index is 883. The van der Waals surface area contributed by atoms with E-state index in [0.29, 0.717) is 25.5 Å². The van der Waals surface area contributed by atoms with E-state index in [4.69, 9.17) is 39.2 Å². The fraction of sp³-hybridized carbons (Fsp3) is 0.0667. The van der Waals surface area contributed by atoms with E-state index < -0.39 is 10.8 Å². The van der Waals surface area contributed by atoms with Gasteiger partial charge >= 0.3 is 0 Å². The van der Waals surface area contributed by atoms with Crippen molar-refractivity contribution < 1.29 is 8.63 Å². The molecule has 0 bridgehead atoms. The Labute approximate surface area is 149 Å². The zero-order valence-corrected chi connectivity index (χ0v) is 14.6. The summed E-state index contributed by atoms with van der Waals surface area (Å²) < 4.78 is 17.9. The largest absolute Gasteiger partial charge is 0.420 e. The minimum absolute atomic E-state index is 0.0788. The van der Waals surface area contributed by atoms with E-state index in [2.05, 4.69) is 10.2 Å². The van der Waals surface area contributed by atoms with E-state index in [-0.39, 0.29) is 17.5 Å². The molecule has 3 aromatic rings. The summed E-state index contributed by atoms with van der Waals surface area (Å²) in [5, 5.41) is 9.12. The standard InChI is InChI=1S/C15H9Cl3N2O2S/c16-11-4-2-1-3-10(11)15-20-19-14(22-15)8-23(21)9-5-6-12(17)13(18)7-9/h1-7H,8H2/t23-/m1/s1. The van der Waals surface area contributed by atoms with Gasteiger partial charge in [-0.1, -0.05) is 46.9 Å². The summed E-state index contributed by atoms with van der Waals surface area (Å²) in [5.41, 5.74) is 0.633. The van der Waals surface area contributed by atoms with Gasteiger partial charge in [-0.05, 0) is 30.3 Å². The van der Waals surface area contributed by atoms with Gasteiger partial charge in [0.2, 0.25) is 11.8 Å². The van der Waals surface area contributed by atoms with E-state index in [0.717, 1.165) is 0 Å². The highest BCUT2D eigenvalue weighted by molar-refractivity contribution is 7.84. The highest BCUT2D eigenvalue weighted by Gasteiger charge is 2.15. The van der Waals surface area contributed by atoms with Crippen molar-refractivity contribution >= 4 is 45.6 Å². The first-order valence-corrected chi connectivity index (χ1v) is 8.90. The molecule has 118 valence electrons. The van der Waals surface area contributed by atoms with Crippen molar-refractivity contribution in [3.8, 4) is 11.5 Å². The predicted octanol–water partition coefficient (Wildman–Crippen LogP) is 5.00. The topological polar surface area (TPSA) is 56.0 Å². The van der Waals surface area contributed by atoms with Crippen LogP contribution in [0.1, 0.15) is 5.89 Å². The van der Waals surface area contributed by atoms with Gasteiger partial charge in [0.25, 0.3) is 0 Å². The van der Waals surface area contributed by atoms with Gasteiger partial charge in [0.05, 0.1) is 31.4 Å². The smallest absolute Gasteiger partial charge is 0.249 e. The molecule has 0 saturated heterocycles. The lowest BCUT2D eigenvalue weighted by molar-refractivity contribution is 0.525. The van der Waals surface area contributed by atoms with Crippen LogP contribution in [0.5, 0.6) is 0 Å². The van der Waals surface area contributed by atoms with Gasteiger partial charge in [-0.15, -0.1) is 10.2 Å². The van der Waals surface area contributed by atoms with Crippen LogP contribution in [0.25, 0.3) is 11.5 Å². The number of benzene rings is 2. The van der Waals surface area contributed by atoms with Crippen LogP contribution in [-0.2, 0) is 16.6 Å². The van der Waals surface area contributed by atoms with Crippen LogP contribution in [0.2, 0.25) is 15.1 Å². The van der Waals surface area contributed by atoms with Crippen LogP contribution in [0.15, 0.2) is 51.8 Å². The van der Waals surface area contributed by atoms with Gasteiger partial charge in [0.1, 0.15) is 5.75 Å². The first kappa shape index (κ1) is 16.5. The number of nitrogens with zero attached hydrogens (tertiary/aromatic N) is 2. The van der Waals surface area contributed by atoms with Crippen molar-refractivity contribution in [1.29, 1.82) is 0 Å². The Kier molecular flexibility index (Phi) is 5.02. The maximum absolute atomic E-state index is 12.3. The molecule has 0 fully saturated rings. The molecule has 0 aliphatic heterocycles. The minimum Gasteiger partial charge on any atom is -0.420 e. The molecule has 2 aromatic carbocycles. The number of aromatic nitrogens is 2. The van der Waals surface area contributed by atoms with Crippen molar-refractivity contribution in [3.63, 3.8) is 0 Å². The number of hydrogen-bond donors (Lipinski definition) is 0. The maximum atomic E-state index is 12.3. The summed E-state index contributed by atoms with van der Waals surface area (Å²) in [4.78, 5) is 0.539. The molecule has 3 rings (SSSR count). The van der Waals surface area contributed by atoms with Crippen molar-refractivity contribution in [3.05, 3.63) is 63.4 Å². The normalized spacial score (nSPS) is 12.3. The second-order valence-corrected chi connectivity index (χ2v) is 7.22. The lowest BCUT2D eigenvalue weighted by Crippen LogP contribution is -1.97. The molecule has 1 aromatic heterocycles. The Balaban J connectivity index is 1.80. The van der Waals surface area contributed by atoms with Crippen molar-refractivity contribution in [2.75, 3.05) is 0 Å². The Morgan fingerprint density at radius 3 is 2.48 bits per heavy atom. The van der Waals surface area contributed by atoms with Gasteiger partial charge in [0.15, 0.2) is 0 Å². The maximum Gasteiger partial charge on any atom is 0.249 e. The number of hydrogen-bond acceptors (Lipinski definition) is 4. The summed E-state index contributed by atoms with van der Waals surface area (Å²) >= 11 is 17.9. The van der Waals surface area contributed by atoms with Crippen LogP contribution < -0.4 is 0 Å². The fourth-order valence-corrected chi connectivity index (χ4v) is 3.43. The lowest BCUT2D eigenvalue weighted by Gasteiger charge is -2.01. The molecule has 0 unspecified atom stereocenters. The Morgan fingerprint density at radius 2 is 1.74 bits per heavy atom. The van der Waals surface area contributed by atoms with Crippen LogP contribution in [0.4, 0.5) is 0 Å². The highest BCUT2D eigenvalue weighted by atomic mass is 35.5. The zero-order chi connectivity index (χ0) is 16.4. The third-order valence-electron chi connectivity index (χ3n) is 2.98. The third kappa shape index (κ3) is 3.75. The van der Waals surface area contributed by atoms with Crippen molar-refractivity contribution in [1.82, 2.24) is 10.2 Å². The number of rotatable bonds is 4. The van der Waals surface area contributed by atoms with Gasteiger partial charge in [-0.25, -0.2) is 0 Å². The molecule has 23 heavy (non-hydrogen) atoms. The molecule has 1 heterocycles. The second-order valence-electron chi connectivity index (χ2n) is 4.55. The molecule has 0 saturated carbocycles. The van der Waals surface area contributed by atoms with Gasteiger partial charge in [0, 0.05) is 4.90 Å². The molecular weight excluding hydrogens is 379 g/mol. The predicted molar refractivity (Wildman–Crippen MR) is 91.3 cm³/mol. The molecule has 0 spiro atoms. The van der Waals surface area contributed by atoms with Crippen LogP contribution in [0.3, 0.4) is 0 Å². The molecule has 0 N–H and O–H groups in total. The molecule has 8 heteroatoms. The van der Waals surface area contributed by atoms with Crippen LogP contribution >= 0.6 is 34.8 Å². The Morgan fingerprint density at radius 1 is 0.957 bits per heavy atom. The Hall–Kier alpha value is -1.40. The van der Waals surface area contributed by atoms with Gasteiger partial charge in [-0.2, -0.15) is 0 Å². The highest BCUT2D eigenvalue weighted by Crippen LogP contribution is 2.28. The SMILES string of the molecule is O=[S@](Cc1nnc(-c2ccccc2Cl)o1)c1ccc(Cl)c(Cl)c1. The molecule has 1 atom stereocenters. The van der Waals surface area contributed by atoms with Crippen LogP contribution in [0, 0.1) is 0 Å². The molecular formula is C15H9Cl3N2O2S. The fourth-order valence-electron chi connectivity index (χ4n) is 1.87. The van der Waals surface area contributed by atoms with E-state index in [1.54, 1.807) is 30.3 Å². The molecule has 0 aliphatic rings. The van der Waals surface area contributed by atoms with Gasteiger partial charge in [-0.3, -0.25) is 4.21 Å². The monoisotopic (exact) mass is 386 g/mol. The number of halogens is 3. The molecule has 0 radical (unpaired) electrons. The van der Waals surface area contributed by atoms with E-state index >= 15 is 0 Å². The molecule has 0 aliphatic carbocycles. The summed E-state index contributed by atoms with van der Waals surface area (Å²) in [6.07, 6.45) is 0. The summed E-state index contributed by atoms with van der Waals surface area (Å²) in [6, 6.07) is 11.9. The van der Waals surface area contributed by atoms with Gasteiger partial charge < -0.3 is 4.42 Å². The first-order chi connectivity index (χ1) is 11.0. The van der Waals surface area contributed by atoms with Crippen molar-refractivity contribution in [2.45, 2.75) is 10.6 Å². The quantitative estimate of drug-likeness (QED) is 0.632. The zero-order valence-electron chi connectivity index (χ0n) is 11.5.